The van der Waals surface area contributed by atoms with Gasteiger partial charge in [0.15, 0.2) is 12.4 Å². The Labute approximate surface area is 67.4 Å². The molecule has 6 nitrogen and oxygen atoms in total. The highest BCUT2D eigenvalue weighted by molar-refractivity contribution is 5.34. The van der Waals surface area contributed by atoms with E-state index in [9.17, 15) is 15.3 Å². The Hall–Kier alpha value is -1.69. The Morgan fingerprint density at radius 3 is 2.83 bits per heavy atom. The van der Waals surface area contributed by atoms with Crippen molar-refractivity contribution in [1.29, 1.82) is 0 Å². The van der Waals surface area contributed by atoms with Gasteiger partial charge >= 0.3 is 0 Å². The van der Waals surface area contributed by atoms with Crippen LogP contribution in [0.15, 0.2) is 18.5 Å². The molecule has 0 bridgehead atoms. The maximum absolute atomic E-state index is 10.6. The van der Waals surface area contributed by atoms with E-state index in [0.29, 0.717) is 4.73 Å². The largest absolute Gasteiger partial charge is 0.619 e. The molecule has 0 unspecified atom stereocenters. The van der Waals surface area contributed by atoms with Gasteiger partial charge in [0.25, 0.3) is 5.69 Å². The summed E-state index contributed by atoms with van der Waals surface area (Å²) in [5.41, 5.74) is -0.234. The highest BCUT2D eigenvalue weighted by Gasteiger charge is 2.15. The molecule has 0 atom stereocenters. The van der Waals surface area contributed by atoms with Crippen LogP contribution in [-0.2, 0) is 6.61 Å². The van der Waals surface area contributed by atoms with Crippen molar-refractivity contribution in [2.24, 2.45) is 0 Å². The molecule has 1 aromatic heterocycles. The average molecular weight is 170 g/mol. The van der Waals surface area contributed by atoms with Crippen LogP contribution in [0.4, 0.5) is 5.69 Å². The van der Waals surface area contributed by atoms with Crippen molar-refractivity contribution in [2.45, 2.75) is 6.61 Å². The topological polar surface area (TPSA) is 90.3 Å². The SMILES string of the molecule is O=[N+]([O-])c1cc[n+]([O-])cc1CO. The molecule has 0 aliphatic heterocycles. The number of aliphatic hydroxyl groups excluding tert-OH is 1. The van der Waals surface area contributed by atoms with Gasteiger partial charge < -0.3 is 10.3 Å². The van der Waals surface area contributed by atoms with Crippen LogP contribution in [0.3, 0.4) is 0 Å². The lowest BCUT2D eigenvalue weighted by Crippen LogP contribution is -2.25. The standard InChI is InChI=1S/C6H6N2O4/c9-4-5-3-7(10)2-1-6(5)8(11)12/h1-3,9H,4H2. The summed E-state index contributed by atoms with van der Waals surface area (Å²) in [6.45, 7) is -0.514. The van der Waals surface area contributed by atoms with Crippen LogP contribution >= 0.6 is 0 Å². The van der Waals surface area contributed by atoms with E-state index in [-0.39, 0.29) is 11.3 Å². The molecule has 12 heavy (non-hydrogen) atoms. The number of hydrogen-bond donors (Lipinski definition) is 1. The predicted octanol–water partition coefficient (Wildman–Crippen LogP) is -0.280. The van der Waals surface area contributed by atoms with Gasteiger partial charge in [-0.2, -0.15) is 4.73 Å². The maximum atomic E-state index is 10.6. The normalized spacial score (nSPS) is 9.75. The van der Waals surface area contributed by atoms with E-state index in [2.05, 4.69) is 0 Å². The molecule has 0 aliphatic carbocycles. The molecule has 0 fully saturated rings. The number of pyridine rings is 1. The van der Waals surface area contributed by atoms with Crippen molar-refractivity contribution < 1.29 is 14.8 Å². The van der Waals surface area contributed by atoms with Gasteiger partial charge in [-0.25, -0.2) is 0 Å². The summed E-state index contributed by atoms with van der Waals surface area (Å²) in [6, 6.07) is 1.05. The van der Waals surface area contributed by atoms with Gasteiger partial charge in [-0.15, -0.1) is 0 Å². The molecule has 0 aromatic carbocycles. The smallest absolute Gasteiger partial charge is 0.286 e. The van der Waals surface area contributed by atoms with Crippen molar-refractivity contribution in [1.82, 2.24) is 0 Å². The van der Waals surface area contributed by atoms with E-state index in [1.54, 1.807) is 0 Å². The Balaban J connectivity index is 3.20. The summed E-state index contributed by atoms with van der Waals surface area (Å²) in [7, 11) is 0. The van der Waals surface area contributed by atoms with Crippen LogP contribution in [0, 0.1) is 15.3 Å². The van der Waals surface area contributed by atoms with Gasteiger partial charge in [0.1, 0.15) is 5.56 Å². The van der Waals surface area contributed by atoms with Gasteiger partial charge in [0.2, 0.25) is 0 Å². The van der Waals surface area contributed by atoms with Crippen LogP contribution in [0.25, 0.3) is 0 Å². The molecule has 1 N–H and O–H groups in total. The van der Waals surface area contributed by atoms with Crippen molar-refractivity contribution in [3.8, 4) is 0 Å². The first kappa shape index (κ1) is 8.41. The highest BCUT2D eigenvalue weighted by atomic mass is 16.6. The van der Waals surface area contributed by atoms with Crippen LogP contribution in [0.1, 0.15) is 5.56 Å². The Morgan fingerprint density at radius 1 is 1.67 bits per heavy atom. The average Bonchev–Trinajstić information content (AvgIpc) is 2.03. The van der Waals surface area contributed by atoms with Crippen LogP contribution in [-0.4, -0.2) is 10.0 Å². The van der Waals surface area contributed by atoms with Crippen molar-refractivity contribution in [2.75, 3.05) is 0 Å². The summed E-state index contributed by atoms with van der Waals surface area (Å²) in [6.07, 6.45) is 1.98. The van der Waals surface area contributed by atoms with Crippen LogP contribution < -0.4 is 4.73 Å². The third-order valence-electron chi connectivity index (χ3n) is 1.36. The number of hydrogen-bond acceptors (Lipinski definition) is 4. The summed E-state index contributed by atoms with van der Waals surface area (Å²) in [5, 5.41) is 29.5. The predicted molar refractivity (Wildman–Crippen MR) is 38.0 cm³/mol. The van der Waals surface area contributed by atoms with Crippen molar-refractivity contribution >= 4 is 5.69 Å². The third kappa shape index (κ3) is 1.48. The molecule has 0 spiro atoms. The van der Waals surface area contributed by atoms with Gasteiger partial charge in [-0.05, 0) is 0 Å². The van der Waals surface area contributed by atoms with E-state index < -0.39 is 11.5 Å². The summed E-state index contributed by atoms with van der Waals surface area (Å²) < 4.78 is 0.401. The molecule has 1 heterocycles. The van der Waals surface area contributed by atoms with E-state index in [1.807, 2.05) is 0 Å². The lowest BCUT2D eigenvalue weighted by molar-refractivity contribution is -0.606. The summed E-state index contributed by atoms with van der Waals surface area (Å²) in [4.78, 5) is 9.63. The van der Waals surface area contributed by atoms with Gasteiger partial charge in [-0.1, -0.05) is 0 Å². The molecule has 0 radical (unpaired) electrons. The molecule has 64 valence electrons. The minimum atomic E-state index is -0.647. The second-order valence-electron chi connectivity index (χ2n) is 2.13. The molecule has 0 aliphatic rings. The van der Waals surface area contributed by atoms with E-state index >= 15 is 0 Å². The fraction of sp³-hybridized carbons (Fsp3) is 0.167. The third-order valence-corrected chi connectivity index (χ3v) is 1.36. The monoisotopic (exact) mass is 170 g/mol. The van der Waals surface area contributed by atoms with Gasteiger partial charge in [-0.3, -0.25) is 10.1 Å². The Morgan fingerprint density at radius 2 is 2.33 bits per heavy atom. The first-order valence-electron chi connectivity index (χ1n) is 3.12. The lowest BCUT2D eigenvalue weighted by Gasteiger charge is -1.98. The first-order valence-corrected chi connectivity index (χ1v) is 3.12. The zero-order valence-corrected chi connectivity index (χ0v) is 6.01. The molecule has 6 heteroatoms. The van der Waals surface area contributed by atoms with Crippen molar-refractivity contribution in [3.05, 3.63) is 39.3 Å². The number of nitrogens with zero attached hydrogens (tertiary/aromatic N) is 2. The fourth-order valence-electron chi connectivity index (χ4n) is 0.814. The minimum Gasteiger partial charge on any atom is -0.619 e. The van der Waals surface area contributed by atoms with E-state index in [4.69, 9.17) is 5.11 Å². The maximum Gasteiger partial charge on any atom is 0.286 e. The van der Waals surface area contributed by atoms with Crippen LogP contribution in [0.2, 0.25) is 0 Å². The molecule has 1 rings (SSSR count). The van der Waals surface area contributed by atoms with Gasteiger partial charge in [0, 0.05) is 0 Å². The van der Waals surface area contributed by atoms with Crippen LogP contribution in [0.5, 0.6) is 0 Å². The van der Waals surface area contributed by atoms with E-state index in [1.165, 1.54) is 0 Å². The Kier molecular flexibility index (Phi) is 2.20. The number of rotatable bonds is 2. The zero-order valence-electron chi connectivity index (χ0n) is 6.01. The number of nitro groups is 1. The Bertz CT molecular complexity index is 312. The highest BCUT2D eigenvalue weighted by Crippen LogP contribution is 2.14. The molecular formula is C6H6N2O4. The lowest BCUT2D eigenvalue weighted by atomic mass is 10.2. The molecule has 0 saturated heterocycles. The summed E-state index contributed by atoms with van der Waals surface area (Å²) in [5.74, 6) is 0. The van der Waals surface area contributed by atoms with E-state index in [0.717, 1.165) is 18.5 Å². The number of aliphatic hydroxyl groups is 1. The molecule has 0 amide bonds. The molecule has 0 saturated carbocycles. The second kappa shape index (κ2) is 3.14. The zero-order chi connectivity index (χ0) is 9.14. The van der Waals surface area contributed by atoms with Gasteiger partial charge in [0.05, 0.1) is 17.6 Å². The number of aromatic nitrogens is 1. The summed E-state index contributed by atoms with van der Waals surface area (Å²) >= 11 is 0. The second-order valence-corrected chi connectivity index (χ2v) is 2.13. The fourth-order valence-corrected chi connectivity index (χ4v) is 0.814. The molecule has 1 aromatic rings. The quantitative estimate of drug-likeness (QED) is 0.286. The first-order chi connectivity index (χ1) is 5.65. The van der Waals surface area contributed by atoms with Crippen molar-refractivity contribution in [3.63, 3.8) is 0 Å². The minimum absolute atomic E-state index is 0.0116. The molecular weight excluding hydrogens is 164 g/mol.